The molecule has 1 aliphatic carbocycles. The van der Waals surface area contributed by atoms with Crippen LogP contribution in [0.1, 0.15) is 39.5 Å². The number of thioether (sulfide) groups is 1. The minimum atomic E-state index is 0. The van der Waals surface area contributed by atoms with E-state index >= 15 is 0 Å². The van der Waals surface area contributed by atoms with Gasteiger partial charge in [0.2, 0.25) is 0 Å². The molecule has 0 aromatic heterocycles. The van der Waals surface area contributed by atoms with Gasteiger partial charge < -0.3 is 15.4 Å². The number of nitrogens with one attached hydrogen (secondary N) is 2. The number of halogens is 1. The van der Waals surface area contributed by atoms with Crippen molar-refractivity contribution in [2.45, 2.75) is 50.8 Å². The monoisotopic (exact) mass is 429 g/mol. The summed E-state index contributed by atoms with van der Waals surface area (Å²) in [4.78, 5) is 4.28. The first-order chi connectivity index (χ1) is 9.65. The molecule has 0 aliphatic heterocycles. The van der Waals surface area contributed by atoms with Crippen LogP contribution in [-0.4, -0.2) is 50.3 Å². The van der Waals surface area contributed by atoms with E-state index in [1.165, 1.54) is 19.3 Å². The predicted octanol–water partition coefficient (Wildman–Crippen LogP) is 3.12. The van der Waals surface area contributed by atoms with Crippen LogP contribution in [0.4, 0.5) is 0 Å². The molecule has 0 heterocycles. The van der Waals surface area contributed by atoms with E-state index in [9.17, 15) is 0 Å². The van der Waals surface area contributed by atoms with Crippen LogP contribution in [0.25, 0.3) is 0 Å². The molecule has 1 aliphatic rings. The zero-order chi connectivity index (χ0) is 14.8. The molecule has 0 aromatic rings. The summed E-state index contributed by atoms with van der Waals surface area (Å²) in [6.07, 6.45) is 7.14. The topological polar surface area (TPSA) is 45.7 Å². The number of nitrogens with zero attached hydrogens (tertiary/aromatic N) is 1. The molecule has 0 aromatic carbocycles. The minimum absolute atomic E-state index is 0. The maximum atomic E-state index is 5.60. The predicted molar refractivity (Wildman–Crippen MR) is 105 cm³/mol. The summed E-state index contributed by atoms with van der Waals surface area (Å²) in [6.45, 7) is 6.85. The summed E-state index contributed by atoms with van der Waals surface area (Å²) in [5, 5.41) is 7.64. The SMILES string of the molecule is CN=C(NCCOCCC(C)C)NC1CCC(SC)C1.I. The van der Waals surface area contributed by atoms with E-state index < -0.39 is 0 Å². The molecule has 1 fully saturated rings. The minimum Gasteiger partial charge on any atom is -0.380 e. The molecule has 2 unspecified atom stereocenters. The first-order valence-electron chi connectivity index (χ1n) is 7.73. The maximum Gasteiger partial charge on any atom is 0.191 e. The molecule has 0 saturated heterocycles. The van der Waals surface area contributed by atoms with Gasteiger partial charge in [-0.2, -0.15) is 11.8 Å². The standard InChI is InChI=1S/C15H31N3OS.HI/c1-12(2)7-9-19-10-8-17-15(16-3)18-13-5-6-14(11-13)20-4;/h12-14H,5-11H2,1-4H3,(H2,16,17,18);1H. The van der Waals surface area contributed by atoms with Crippen LogP contribution in [0.3, 0.4) is 0 Å². The van der Waals surface area contributed by atoms with Crippen molar-refractivity contribution in [2.75, 3.05) is 33.1 Å². The van der Waals surface area contributed by atoms with Gasteiger partial charge in [0.25, 0.3) is 0 Å². The Hall–Kier alpha value is 0.310. The summed E-state index contributed by atoms with van der Waals surface area (Å²) in [6, 6.07) is 0.570. The van der Waals surface area contributed by atoms with Gasteiger partial charge in [-0.3, -0.25) is 4.99 Å². The molecule has 126 valence electrons. The third-order valence-corrected chi connectivity index (χ3v) is 4.76. The molecule has 0 spiro atoms. The fraction of sp³-hybridized carbons (Fsp3) is 0.933. The molecule has 1 saturated carbocycles. The van der Waals surface area contributed by atoms with Gasteiger partial charge in [0.15, 0.2) is 5.96 Å². The van der Waals surface area contributed by atoms with Crippen molar-refractivity contribution in [3.8, 4) is 0 Å². The van der Waals surface area contributed by atoms with E-state index in [2.05, 4.69) is 35.7 Å². The van der Waals surface area contributed by atoms with Crippen LogP contribution in [0.2, 0.25) is 0 Å². The molecule has 1 rings (SSSR count). The third-order valence-electron chi connectivity index (χ3n) is 3.66. The van der Waals surface area contributed by atoms with E-state index in [0.717, 1.165) is 37.4 Å². The highest BCUT2D eigenvalue weighted by molar-refractivity contribution is 14.0. The first kappa shape index (κ1) is 21.3. The van der Waals surface area contributed by atoms with Crippen molar-refractivity contribution in [2.24, 2.45) is 10.9 Å². The Kier molecular flexibility index (Phi) is 13.0. The van der Waals surface area contributed by atoms with E-state index in [-0.39, 0.29) is 24.0 Å². The second kappa shape index (κ2) is 12.8. The summed E-state index contributed by atoms with van der Waals surface area (Å²) < 4.78 is 5.60. The van der Waals surface area contributed by atoms with E-state index in [1.807, 2.05) is 18.8 Å². The van der Waals surface area contributed by atoms with Crippen molar-refractivity contribution in [3.05, 3.63) is 0 Å². The zero-order valence-electron chi connectivity index (χ0n) is 13.9. The fourth-order valence-electron chi connectivity index (χ4n) is 2.34. The van der Waals surface area contributed by atoms with E-state index in [4.69, 9.17) is 4.74 Å². The Bertz CT molecular complexity index is 290. The Morgan fingerprint density at radius 2 is 2.10 bits per heavy atom. The molecule has 0 bridgehead atoms. The van der Waals surface area contributed by atoms with Crippen LogP contribution in [0.15, 0.2) is 4.99 Å². The van der Waals surface area contributed by atoms with Gasteiger partial charge in [-0.25, -0.2) is 0 Å². The number of hydrogen-bond donors (Lipinski definition) is 2. The molecule has 4 nitrogen and oxygen atoms in total. The summed E-state index contributed by atoms with van der Waals surface area (Å²) in [5.41, 5.74) is 0. The maximum absolute atomic E-state index is 5.60. The molecule has 2 atom stereocenters. The van der Waals surface area contributed by atoms with Gasteiger partial charge in [0.1, 0.15) is 0 Å². The highest BCUT2D eigenvalue weighted by Crippen LogP contribution is 2.27. The largest absolute Gasteiger partial charge is 0.380 e. The van der Waals surface area contributed by atoms with Gasteiger partial charge in [0, 0.05) is 31.5 Å². The van der Waals surface area contributed by atoms with E-state index in [1.54, 1.807) is 0 Å². The highest BCUT2D eigenvalue weighted by atomic mass is 127. The lowest BCUT2D eigenvalue weighted by atomic mass is 10.1. The van der Waals surface area contributed by atoms with Crippen LogP contribution in [0.5, 0.6) is 0 Å². The van der Waals surface area contributed by atoms with Gasteiger partial charge in [-0.05, 0) is 37.9 Å². The van der Waals surface area contributed by atoms with Gasteiger partial charge >= 0.3 is 0 Å². The lowest BCUT2D eigenvalue weighted by molar-refractivity contribution is 0.128. The smallest absolute Gasteiger partial charge is 0.191 e. The van der Waals surface area contributed by atoms with Crippen molar-refractivity contribution < 1.29 is 4.74 Å². The normalized spacial score (nSPS) is 22.2. The molecule has 21 heavy (non-hydrogen) atoms. The summed E-state index contributed by atoms with van der Waals surface area (Å²) in [5.74, 6) is 1.62. The highest BCUT2D eigenvalue weighted by Gasteiger charge is 2.24. The Balaban J connectivity index is 0.00000400. The number of aliphatic imine (C=N–C) groups is 1. The molecular formula is C15H32IN3OS. The van der Waals surface area contributed by atoms with Gasteiger partial charge in [-0.1, -0.05) is 13.8 Å². The van der Waals surface area contributed by atoms with Crippen molar-refractivity contribution in [3.63, 3.8) is 0 Å². The van der Waals surface area contributed by atoms with Gasteiger partial charge in [0.05, 0.1) is 6.61 Å². The molecule has 2 N–H and O–H groups in total. The van der Waals surface area contributed by atoms with E-state index in [0.29, 0.717) is 12.0 Å². The average Bonchev–Trinajstić information content (AvgIpc) is 2.88. The molecule has 0 amide bonds. The van der Waals surface area contributed by atoms with Crippen LogP contribution < -0.4 is 10.6 Å². The third kappa shape index (κ3) is 9.84. The first-order valence-corrected chi connectivity index (χ1v) is 9.02. The summed E-state index contributed by atoms with van der Waals surface area (Å²) in [7, 11) is 1.83. The molecule has 6 heteroatoms. The number of rotatable bonds is 8. The lowest BCUT2D eigenvalue weighted by Crippen LogP contribution is -2.43. The second-order valence-corrected chi connectivity index (χ2v) is 6.94. The van der Waals surface area contributed by atoms with Crippen molar-refractivity contribution in [1.82, 2.24) is 10.6 Å². The van der Waals surface area contributed by atoms with Crippen LogP contribution >= 0.6 is 35.7 Å². The number of guanidine groups is 1. The van der Waals surface area contributed by atoms with Crippen molar-refractivity contribution >= 4 is 41.7 Å². The number of hydrogen-bond acceptors (Lipinski definition) is 3. The quantitative estimate of drug-likeness (QED) is 0.269. The van der Waals surface area contributed by atoms with Crippen molar-refractivity contribution in [1.29, 1.82) is 0 Å². The Labute approximate surface area is 151 Å². The second-order valence-electron chi connectivity index (χ2n) is 5.81. The van der Waals surface area contributed by atoms with Crippen LogP contribution in [0, 0.1) is 5.92 Å². The molecular weight excluding hydrogens is 397 g/mol. The fourth-order valence-corrected chi connectivity index (χ4v) is 3.13. The Morgan fingerprint density at radius 3 is 2.67 bits per heavy atom. The zero-order valence-corrected chi connectivity index (χ0v) is 17.0. The van der Waals surface area contributed by atoms with Crippen LogP contribution in [-0.2, 0) is 4.74 Å². The summed E-state index contributed by atoms with van der Waals surface area (Å²) >= 11 is 1.98. The molecule has 0 radical (unpaired) electrons. The Morgan fingerprint density at radius 1 is 1.33 bits per heavy atom. The number of ether oxygens (including phenoxy) is 1. The van der Waals surface area contributed by atoms with Gasteiger partial charge in [-0.15, -0.1) is 24.0 Å². The lowest BCUT2D eigenvalue weighted by Gasteiger charge is -2.17. The average molecular weight is 429 g/mol.